The highest BCUT2D eigenvalue weighted by Crippen LogP contribution is 2.01. The summed E-state index contributed by atoms with van der Waals surface area (Å²) in [5.41, 5.74) is 6.11. The maximum atomic E-state index is 11.8. The van der Waals surface area contributed by atoms with Gasteiger partial charge in [0.2, 0.25) is 0 Å². The van der Waals surface area contributed by atoms with Crippen LogP contribution < -0.4 is 5.73 Å². The van der Waals surface area contributed by atoms with Crippen LogP contribution in [-0.4, -0.2) is 30.3 Å². The molecule has 0 aliphatic rings. The van der Waals surface area contributed by atoms with Crippen molar-refractivity contribution in [2.24, 2.45) is 12.8 Å². The SMILES string of the molecule is Cn1ccnc1CCC(=O)Cn1cc(CN)nn1. The highest BCUT2D eigenvalue weighted by molar-refractivity contribution is 5.78. The summed E-state index contributed by atoms with van der Waals surface area (Å²) in [4.78, 5) is 15.9. The van der Waals surface area contributed by atoms with Crippen LogP contribution in [-0.2, 0) is 31.4 Å². The average Bonchev–Trinajstić information content (AvgIpc) is 2.96. The molecule has 0 atom stereocenters. The molecule has 7 heteroatoms. The van der Waals surface area contributed by atoms with Crippen LogP contribution in [0.25, 0.3) is 0 Å². The zero-order chi connectivity index (χ0) is 13.0. The van der Waals surface area contributed by atoms with Gasteiger partial charge in [-0.05, 0) is 0 Å². The minimum atomic E-state index is 0.103. The first kappa shape index (κ1) is 12.4. The quantitative estimate of drug-likeness (QED) is 0.756. The standard InChI is InChI=1S/C11H16N6O/c1-16-5-4-13-11(16)3-2-10(18)8-17-7-9(6-12)14-15-17/h4-5,7H,2-3,6,8,12H2,1H3. The molecule has 18 heavy (non-hydrogen) atoms. The zero-order valence-corrected chi connectivity index (χ0v) is 10.3. The van der Waals surface area contributed by atoms with E-state index in [1.807, 2.05) is 17.8 Å². The van der Waals surface area contributed by atoms with Crippen molar-refractivity contribution in [1.29, 1.82) is 0 Å². The number of ketones is 1. The lowest BCUT2D eigenvalue weighted by Gasteiger charge is -2.01. The Morgan fingerprint density at radius 1 is 1.50 bits per heavy atom. The molecular formula is C11H16N6O. The molecular weight excluding hydrogens is 232 g/mol. The van der Waals surface area contributed by atoms with Gasteiger partial charge < -0.3 is 10.3 Å². The first-order chi connectivity index (χ1) is 8.69. The van der Waals surface area contributed by atoms with E-state index in [-0.39, 0.29) is 12.3 Å². The second kappa shape index (κ2) is 5.54. The van der Waals surface area contributed by atoms with E-state index in [1.54, 1.807) is 12.4 Å². The maximum Gasteiger partial charge on any atom is 0.154 e. The van der Waals surface area contributed by atoms with Crippen molar-refractivity contribution in [2.75, 3.05) is 0 Å². The predicted molar refractivity (Wildman–Crippen MR) is 64.4 cm³/mol. The van der Waals surface area contributed by atoms with Crippen molar-refractivity contribution in [3.05, 3.63) is 30.1 Å². The van der Waals surface area contributed by atoms with Gasteiger partial charge in [-0.3, -0.25) is 4.79 Å². The number of aryl methyl sites for hydroxylation is 2. The van der Waals surface area contributed by atoms with Gasteiger partial charge in [0, 0.05) is 38.8 Å². The van der Waals surface area contributed by atoms with Crippen LogP contribution in [0, 0.1) is 0 Å². The van der Waals surface area contributed by atoms with Crippen molar-refractivity contribution >= 4 is 5.78 Å². The maximum absolute atomic E-state index is 11.8. The molecule has 0 spiro atoms. The molecule has 2 heterocycles. The minimum absolute atomic E-state index is 0.103. The molecule has 0 aliphatic heterocycles. The van der Waals surface area contributed by atoms with Gasteiger partial charge in [0.15, 0.2) is 5.78 Å². The van der Waals surface area contributed by atoms with Gasteiger partial charge in [0.05, 0.1) is 11.9 Å². The number of aromatic nitrogens is 5. The van der Waals surface area contributed by atoms with Crippen molar-refractivity contribution in [3.63, 3.8) is 0 Å². The van der Waals surface area contributed by atoms with Crippen LogP contribution in [0.3, 0.4) is 0 Å². The Morgan fingerprint density at radius 3 is 2.94 bits per heavy atom. The van der Waals surface area contributed by atoms with Gasteiger partial charge >= 0.3 is 0 Å². The third-order valence-electron chi connectivity index (χ3n) is 2.68. The van der Waals surface area contributed by atoms with E-state index >= 15 is 0 Å². The van der Waals surface area contributed by atoms with Gasteiger partial charge in [-0.15, -0.1) is 5.10 Å². The first-order valence-electron chi connectivity index (χ1n) is 5.76. The minimum Gasteiger partial charge on any atom is -0.338 e. The van der Waals surface area contributed by atoms with Crippen molar-refractivity contribution in [2.45, 2.75) is 25.9 Å². The van der Waals surface area contributed by atoms with Gasteiger partial charge in [-0.25, -0.2) is 9.67 Å². The summed E-state index contributed by atoms with van der Waals surface area (Å²) in [6.45, 7) is 0.568. The number of hydrogen-bond donors (Lipinski definition) is 1. The fraction of sp³-hybridized carbons (Fsp3) is 0.455. The van der Waals surface area contributed by atoms with Crippen LogP contribution >= 0.6 is 0 Å². The monoisotopic (exact) mass is 248 g/mol. The largest absolute Gasteiger partial charge is 0.338 e. The third-order valence-corrected chi connectivity index (χ3v) is 2.68. The van der Waals surface area contributed by atoms with E-state index in [0.717, 1.165) is 5.82 Å². The number of carbonyl (C=O) groups excluding carboxylic acids is 1. The molecule has 2 aromatic rings. The highest BCUT2D eigenvalue weighted by atomic mass is 16.1. The Kier molecular flexibility index (Phi) is 3.83. The molecule has 0 radical (unpaired) electrons. The number of imidazole rings is 1. The van der Waals surface area contributed by atoms with E-state index in [1.165, 1.54) is 4.68 Å². The Balaban J connectivity index is 1.84. The van der Waals surface area contributed by atoms with Crippen LogP contribution in [0.2, 0.25) is 0 Å². The van der Waals surface area contributed by atoms with Gasteiger partial charge in [-0.2, -0.15) is 0 Å². The smallest absolute Gasteiger partial charge is 0.154 e. The summed E-state index contributed by atoms with van der Waals surface area (Å²) < 4.78 is 3.43. The van der Waals surface area contributed by atoms with Gasteiger partial charge in [0.1, 0.15) is 12.4 Å². The lowest BCUT2D eigenvalue weighted by Crippen LogP contribution is -2.12. The van der Waals surface area contributed by atoms with Crippen molar-refractivity contribution in [1.82, 2.24) is 24.5 Å². The van der Waals surface area contributed by atoms with Crippen molar-refractivity contribution in [3.8, 4) is 0 Å². The lowest BCUT2D eigenvalue weighted by molar-refractivity contribution is -0.119. The number of hydrogen-bond acceptors (Lipinski definition) is 5. The molecule has 0 saturated carbocycles. The Hall–Kier alpha value is -2.02. The number of nitrogens with zero attached hydrogens (tertiary/aromatic N) is 5. The molecule has 2 rings (SSSR count). The Morgan fingerprint density at radius 2 is 2.33 bits per heavy atom. The average molecular weight is 248 g/mol. The van der Waals surface area contributed by atoms with E-state index in [2.05, 4.69) is 15.3 Å². The zero-order valence-electron chi connectivity index (χ0n) is 10.3. The van der Waals surface area contributed by atoms with Gasteiger partial charge in [0.25, 0.3) is 0 Å². The van der Waals surface area contributed by atoms with E-state index in [4.69, 9.17) is 5.73 Å². The number of carbonyl (C=O) groups is 1. The summed E-state index contributed by atoms with van der Waals surface area (Å²) in [5, 5.41) is 7.67. The lowest BCUT2D eigenvalue weighted by atomic mass is 10.2. The van der Waals surface area contributed by atoms with E-state index in [0.29, 0.717) is 25.1 Å². The number of rotatable bonds is 6. The summed E-state index contributed by atoms with van der Waals surface area (Å²) in [6.07, 6.45) is 6.37. The molecule has 2 aromatic heterocycles. The molecule has 2 N–H and O–H groups in total. The fourth-order valence-corrected chi connectivity index (χ4v) is 1.66. The fourth-order valence-electron chi connectivity index (χ4n) is 1.66. The molecule has 0 unspecified atom stereocenters. The van der Waals surface area contributed by atoms with E-state index < -0.39 is 0 Å². The molecule has 0 fully saturated rings. The molecule has 0 amide bonds. The topological polar surface area (TPSA) is 91.6 Å². The molecule has 0 bridgehead atoms. The molecule has 0 aliphatic carbocycles. The Bertz CT molecular complexity index is 529. The number of nitrogens with two attached hydrogens (primary N) is 1. The summed E-state index contributed by atoms with van der Waals surface area (Å²) in [7, 11) is 1.91. The normalized spacial score (nSPS) is 10.8. The van der Waals surface area contributed by atoms with Gasteiger partial charge in [-0.1, -0.05) is 5.21 Å². The van der Waals surface area contributed by atoms with Crippen LogP contribution in [0.15, 0.2) is 18.6 Å². The molecule has 0 aromatic carbocycles. The van der Waals surface area contributed by atoms with Crippen molar-refractivity contribution < 1.29 is 4.79 Å². The second-order valence-electron chi connectivity index (χ2n) is 4.10. The molecule has 96 valence electrons. The van der Waals surface area contributed by atoms with Crippen LogP contribution in [0.4, 0.5) is 0 Å². The third kappa shape index (κ3) is 3.01. The summed E-state index contributed by atoms with van der Waals surface area (Å²) in [5.74, 6) is 1.01. The Labute approximate surface area is 105 Å². The number of Topliss-reactive ketones (excluding diaryl/α,β-unsaturated/α-hetero) is 1. The van der Waals surface area contributed by atoms with E-state index in [9.17, 15) is 4.79 Å². The summed E-state index contributed by atoms with van der Waals surface area (Å²) in [6, 6.07) is 0. The highest BCUT2D eigenvalue weighted by Gasteiger charge is 2.08. The second-order valence-corrected chi connectivity index (χ2v) is 4.10. The molecule has 0 saturated heterocycles. The predicted octanol–water partition coefficient (Wildman–Crippen LogP) is -0.328. The summed E-state index contributed by atoms with van der Waals surface area (Å²) >= 11 is 0. The van der Waals surface area contributed by atoms with Crippen LogP contribution in [0.1, 0.15) is 17.9 Å². The van der Waals surface area contributed by atoms with Crippen LogP contribution in [0.5, 0.6) is 0 Å². The molecule has 7 nitrogen and oxygen atoms in total. The first-order valence-corrected chi connectivity index (χ1v) is 5.76.